The van der Waals surface area contributed by atoms with Gasteiger partial charge in [0.2, 0.25) is 15.9 Å². The van der Waals surface area contributed by atoms with Gasteiger partial charge in [-0.15, -0.1) is 0 Å². The summed E-state index contributed by atoms with van der Waals surface area (Å²) in [5, 5.41) is 2.78. The van der Waals surface area contributed by atoms with Crippen LogP contribution in [0.15, 0.2) is 23.1 Å². The minimum atomic E-state index is -3.76. The number of rotatable bonds is 4. The molecule has 1 saturated carbocycles. The maximum absolute atomic E-state index is 13.1. The number of amides is 1. The Balaban J connectivity index is 1.62. The van der Waals surface area contributed by atoms with Crippen molar-refractivity contribution in [2.24, 2.45) is 5.92 Å². The fourth-order valence-electron chi connectivity index (χ4n) is 3.51. The minimum absolute atomic E-state index is 0.00906. The summed E-state index contributed by atoms with van der Waals surface area (Å²) in [6.07, 6.45) is 1.05. The van der Waals surface area contributed by atoms with Crippen LogP contribution in [0.4, 0.5) is 5.69 Å². The molecule has 2 heterocycles. The molecule has 0 unspecified atom stereocenters. The van der Waals surface area contributed by atoms with Gasteiger partial charge in [-0.3, -0.25) is 9.59 Å². The van der Waals surface area contributed by atoms with Crippen LogP contribution in [0.3, 0.4) is 0 Å². The summed E-state index contributed by atoms with van der Waals surface area (Å²) >= 11 is 0. The molecule has 0 radical (unpaired) electrons. The van der Waals surface area contributed by atoms with Crippen LogP contribution in [0.1, 0.15) is 32.3 Å². The number of hydrogen-bond acceptors (Lipinski definition) is 5. The number of Topliss-reactive ketones (excluding diaryl/α,β-unsaturated/α-hetero) is 1. The number of morpholine rings is 1. The van der Waals surface area contributed by atoms with Gasteiger partial charge in [-0.05, 0) is 50.5 Å². The van der Waals surface area contributed by atoms with Crippen molar-refractivity contribution in [3.05, 3.63) is 23.8 Å². The van der Waals surface area contributed by atoms with E-state index >= 15 is 0 Å². The first-order valence-corrected chi connectivity index (χ1v) is 10.3. The van der Waals surface area contributed by atoms with E-state index in [1.807, 2.05) is 0 Å². The molecular formula is C18H22N2O5S. The van der Waals surface area contributed by atoms with E-state index in [0.29, 0.717) is 11.3 Å². The van der Waals surface area contributed by atoms with Gasteiger partial charge in [-0.2, -0.15) is 4.31 Å². The molecule has 0 bridgehead atoms. The second-order valence-electron chi connectivity index (χ2n) is 7.69. The summed E-state index contributed by atoms with van der Waals surface area (Å²) in [5.74, 6) is -0.112. The molecule has 0 spiro atoms. The predicted octanol–water partition coefficient (Wildman–Crippen LogP) is 1.28. The minimum Gasteiger partial charge on any atom is -0.368 e. The molecule has 1 saturated heterocycles. The SMILES string of the molecule is CC1(C)C(=O)Nc2ccc(S(=O)(=O)N3CCO[C@H](C(=O)C4CC4)C3)cc21. The van der Waals surface area contributed by atoms with Crippen molar-refractivity contribution < 1.29 is 22.7 Å². The van der Waals surface area contributed by atoms with Gasteiger partial charge in [0.15, 0.2) is 5.78 Å². The van der Waals surface area contributed by atoms with E-state index in [-0.39, 0.29) is 42.2 Å². The van der Waals surface area contributed by atoms with E-state index < -0.39 is 21.5 Å². The smallest absolute Gasteiger partial charge is 0.243 e. The lowest BCUT2D eigenvalue weighted by atomic mass is 9.86. The fourth-order valence-corrected chi connectivity index (χ4v) is 4.96. The first-order chi connectivity index (χ1) is 12.2. The first-order valence-electron chi connectivity index (χ1n) is 8.83. The monoisotopic (exact) mass is 378 g/mol. The molecule has 140 valence electrons. The predicted molar refractivity (Wildman–Crippen MR) is 94.3 cm³/mol. The van der Waals surface area contributed by atoms with Crippen molar-refractivity contribution >= 4 is 27.4 Å². The number of hydrogen-bond donors (Lipinski definition) is 1. The highest BCUT2D eigenvalue weighted by atomic mass is 32.2. The van der Waals surface area contributed by atoms with Crippen LogP contribution >= 0.6 is 0 Å². The second-order valence-corrected chi connectivity index (χ2v) is 9.62. The third-order valence-electron chi connectivity index (χ3n) is 5.44. The Morgan fingerprint density at radius 1 is 1.31 bits per heavy atom. The zero-order valence-electron chi connectivity index (χ0n) is 14.8. The van der Waals surface area contributed by atoms with E-state index in [1.165, 1.54) is 10.4 Å². The van der Waals surface area contributed by atoms with Crippen LogP contribution in [0.5, 0.6) is 0 Å². The Kier molecular flexibility index (Phi) is 3.98. The number of ketones is 1. The van der Waals surface area contributed by atoms with Gasteiger partial charge in [-0.25, -0.2) is 8.42 Å². The molecule has 1 N–H and O–H groups in total. The zero-order valence-corrected chi connectivity index (χ0v) is 15.6. The van der Waals surface area contributed by atoms with Crippen molar-refractivity contribution in [3.63, 3.8) is 0 Å². The summed E-state index contributed by atoms with van der Waals surface area (Å²) in [6.45, 7) is 4.01. The number of carbonyl (C=O) groups is 2. The summed E-state index contributed by atoms with van der Waals surface area (Å²) in [7, 11) is -3.76. The number of benzene rings is 1. The number of anilines is 1. The summed E-state index contributed by atoms with van der Waals surface area (Å²) in [6, 6.07) is 4.70. The van der Waals surface area contributed by atoms with Gasteiger partial charge >= 0.3 is 0 Å². The average molecular weight is 378 g/mol. The summed E-state index contributed by atoms with van der Waals surface area (Å²) < 4.78 is 33.0. The maximum Gasteiger partial charge on any atom is 0.243 e. The molecule has 3 aliphatic rings. The number of carbonyl (C=O) groups excluding carboxylic acids is 2. The number of fused-ring (bicyclic) bond motifs is 1. The van der Waals surface area contributed by atoms with E-state index in [4.69, 9.17) is 4.74 Å². The molecule has 4 rings (SSSR count). The topological polar surface area (TPSA) is 92.8 Å². The molecule has 2 fully saturated rings. The Labute approximate surface area is 152 Å². The fraction of sp³-hybridized carbons (Fsp3) is 0.556. The lowest BCUT2D eigenvalue weighted by molar-refractivity contribution is -0.135. The largest absolute Gasteiger partial charge is 0.368 e. The van der Waals surface area contributed by atoms with Crippen molar-refractivity contribution in [2.45, 2.75) is 43.1 Å². The standard InChI is InChI=1S/C18H22N2O5S/c1-18(2)13-9-12(5-6-14(13)19-17(18)22)26(23,24)20-7-8-25-15(10-20)16(21)11-3-4-11/h5-6,9,11,15H,3-4,7-8,10H2,1-2H3,(H,19,22)/t15-/m0/s1. The Bertz CT molecular complexity index is 889. The van der Waals surface area contributed by atoms with E-state index in [0.717, 1.165) is 12.8 Å². The van der Waals surface area contributed by atoms with Gasteiger partial charge in [0.1, 0.15) is 6.10 Å². The highest BCUT2D eigenvalue weighted by molar-refractivity contribution is 7.89. The summed E-state index contributed by atoms with van der Waals surface area (Å²) in [4.78, 5) is 24.5. The van der Waals surface area contributed by atoms with Gasteiger partial charge in [0.25, 0.3) is 0 Å². The van der Waals surface area contributed by atoms with E-state index in [9.17, 15) is 18.0 Å². The van der Waals surface area contributed by atoms with Crippen molar-refractivity contribution in [1.29, 1.82) is 0 Å². The molecule has 1 atom stereocenters. The molecule has 1 aromatic rings. The van der Waals surface area contributed by atoms with Crippen LogP contribution in [0, 0.1) is 5.92 Å². The van der Waals surface area contributed by atoms with E-state index in [2.05, 4.69) is 5.32 Å². The lowest BCUT2D eigenvalue weighted by Crippen LogP contribution is -2.48. The quantitative estimate of drug-likeness (QED) is 0.852. The summed E-state index contributed by atoms with van der Waals surface area (Å²) in [5.41, 5.74) is 0.529. The molecule has 26 heavy (non-hydrogen) atoms. The highest BCUT2D eigenvalue weighted by Crippen LogP contribution is 2.39. The number of nitrogens with zero attached hydrogens (tertiary/aromatic N) is 1. The third-order valence-corrected chi connectivity index (χ3v) is 7.31. The van der Waals surface area contributed by atoms with Crippen molar-refractivity contribution in [3.8, 4) is 0 Å². The zero-order chi connectivity index (χ0) is 18.7. The number of ether oxygens (including phenoxy) is 1. The third kappa shape index (κ3) is 2.76. The molecule has 1 aromatic carbocycles. The highest BCUT2D eigenvalue weighted by Gasteiger charge is 2.42. The number of sulfonamides is 1. The Hall–Kier alpha value is -1.77. The second kappa shape index (κ2) is 5.87. The molecule has 1 amide bonds. The molecule has 8 heteroatoms. The average Bonchev–Trinajstić information content (AvgIpc) is 3.43. The van der Waals surface area contributed by atoms with E-state index in [1.54, 1.807) is 26.0 Å². The molecular weight excluding hydrogens is 356 g/mol. The molecule has 2 aliphatic heterocycles. The van der Waals surface area contributed by atoms with Crippen LogP contribution < -0.4 is 5.32 Å². The van der Waals surface area contributed by atoms with Gasteiger partial charge in [-0.1, -0.05) is 0 Å². The van der Waals surface area contributed by atoms with Gasteiger partial charge < -0.3 is 10.1 Å². The molecule has 7 nitrogen and oxygen atoms in total. The Morgan fingerprint density at radius 2 is 2.04 bits per heavy atom. The van der Waals surface area contributed by atoms with Gasteiger partial charge in [0.05, 0.1) is 16.9 Å². The number of nitrogens with one attached hydrogen (secondary N) is 1. The van der Waals surface area contributed by atoms with Crippen LogP contribution in [0.25, 0.3) is 0 Å². The molecule has 1 aliphatic carbocycles. The van der Waals surface area contributed by atoms with Crippen LogP contribution in [0.2, 0.25) is 0 Å². The maximum atomic E-state index is 13.1. The normalized spacial score (nSPS) is 25.6. The van der Waals surface area contributed by atoms with Crippen molar-refractivity contribution in [1.82, 2.24) is 4.31 Å². The lowest BCUT2D eigenvalue weighted by Gasteiger charge is -2.31. The first kappa shape index (κ1) is 17.6. The van der Waals surface area contributed by atoms with Crippen LogP contribution in [-0.2, 0) is 29.8 Å². The van der Waals surface area contributed by atoms with Crippen molar-refractivity contribution in [2.75, 3.05) is 25.0 Å². The molecule has 0 aromatic heterocycles. The van der Waals surface area contributed by atoms with Crippen LogP contribution in [-0.4, -0.2) is 50.2 Å². The Morgan fingerprint density at radius 3 is 2.73 bits per heavy atom. The van der Waals surface area contributed by atoms with Gasteiger partial charge in [0, 0.05) is 24.7 Å².